The van der Waals surface area contributed by atoms with Gasteiger partial charge in [-0.15, -0.1) is 5.10 Å². The van der Waals surface area contributed by atoms with E-state index in [0.29, 0.717) is 4.99 Å². The van der Waals surface area contributed by atoms with Crippen molar-refractivity contribution in [2.24, 2.45) is 5.73 Å². The summed E-state index contributed by atoms with van der Waals surface area (Å²) in [5, 5.41) is 7.91. The topological polar surface area (TPSA) is 56.7 Å². The first-order valence-electron chi connectivity index (χ1n) is 4.45. The number of thiocarbonyl (C=S) groups is 1. The van der Waals surface area contributed by atoms with Gasteiger partial charge in [-0.25, -0.2) is 0 Å². The number of aryl methyl sites for hydroxylation is 1. The molecular weight excluding hydrogens is 208 g/mol. The van der Waals surface area contributed by atoms with Crippen molar-refractivity contribution in [3.8, 4) is 5.82 Å². The van der Waals surface area contributed by atoms with E-state index in [0.717, 1.165) is 17.1 Å². The SMILES string of the molecule is Cc1cnnc(-n2cccc2C(N)=S)c1. The quantitative estimate of drug-likeness (QED) is 0.770. The highest BCUT2D eigenvalue weighted by atomic mass is 32.1. The molecule has 0 fully saturated rings. The van der Waals surface area contributed by atoms with Crippen LogP contribution in [0.2, 0.25) is 0 Å². The minimum absolute atomic E-state index is 0.350. The predicted molar refractivity (Wildman–Crippen MR) is 62.0 cm³/mol. The van der Waals surface area contributed by atoms with Crippen LogP contribution in [0, 0.1) is 6.92 Å². The van der Waals surface area contributed by atoms with Gasteiger partial charge in [-0.1, -0.05) is 12.2 Å². The molecular formula is C10H10N4S. The van der Waals surface area contributed by atoms with Crippen molar-refractivity contribution < 1.29 is 0 Å². The molecule has 0 aliphatic carbocycles. The number of nitrogens with zero attached hydrogens (tertiary/aromatic N) is 3. The van der Waals surface area contributed by atoms with Crippen LogP contribution in [0.1, 0.15) is 11.3 Å². The predicted octanol–water partition coefficient (Wildman–Crippen LogP) is 1.21. The Balaban J connectivity index is 2.54. The average Bonchev–Trinajstić information content (AvgIpc) is 2.65. The molecule has 2 heterocycles. The zero-order chi connectivity index (χ0) is 10.8. The van der Waals surface area contributed by atoms with Gasteiger partial charge in [0.1, 0.15) is 4.99 Å². The smallest absolute Gasteiger partial charge is 0.160 e. The van der Waals surface area contributed by atoms with Gasteiger partial charge in [-0.05, 0) is 30.7 Å². The second kappa shape index (κ2) is 3.78. The van der Waals surface area contributed by atoms with E-state index in [9.17, 15) is 0 Å². The van der Waals surface area contributed by atoms with Gasteiger partial charge in [0.25, 0.3) is 0 Å². The van der Waals surface area contributed by atoms with E-state index in [4.69, 9.17) is 18.0 Å². The monoisotopic (exact) mass is 218 g/mol. The van der Waals surface area contributed by atoms with Crippen LogP contribution in [0.25, 0.3) is 5.82 Å². The molecule has 0 amide bonds. The van der Waals surface area contributed by atoms with Crippen molar-refractivity contribution in [3.05, 3.63) is 41.9 Å². The van der Waals surface area contributed by atoms with E-state index in [2.05, 4.69) is 10.2 Å². The Bertz CT molecular complexity index is 504. The minimum Gasteiger partial charge on any atom is -0.388 e. The fraction of sp³-hybridized carbons (Fsp3) is 0.100. The standard InChI is InChI=1S/C10H10N4S/c1-7-5-9(13-12-6-7)14-4-2-3-8(14)10(11)15/h2-6H,1H3,(H2,11,15). The Morgan fingerprint density at radius 2 is 2.33 bits per heavy atom. The summed E-state index contributed by atoms with van der Waals surface area (Å²) in [5.41, 5.74) is 7.41. The molecule has 15 heavy (non-hydrogen) atoms. The third-order valence-corrected chi connectivity index (χ3v) is 2.24. The number of hydrogen-bond acceptors (Lipinski definition) is 3. The highest BCUT2D eigenvalue weighted by Gasteiger charge is 2.06. The summed E-state index contributed by atoms with van der Waals surface area (Å²) >= 11 is 4.94. The van der Waals surface area contributed by atoms with Crippen LogP contribution >= 0.6 is 12.2 Å². The highest BCUT2D eigenvalue weighted by molar-refractivity contribution is 7.80. The number of nitrogens with two attached hydrogens (primary N) is 1. The molecule has 0 aromatic carbocycles. The van der Waals surface area contributed by atoms with Gasteiger partial charge in [0.2, 0.25) is 0 Å². The molecule has 0 spiro atoms. The van der Waals surface area contributed by atoms with Gasteiger partial charge in [0, 0.05) is 6.20 Å². The molecule has 0 saturated carbocycles. The third-order valence-electron chi connectivity index (χ3n) is 2.03. The summed E-state index contributed by atoms with van der Waals surface area (Å²) in [7, 11) is 0. The van der Waals surface area contributed by atoms with Crippen molar-refractivity contribution in [3.63, 3.8) is 0 Å². The van der Waals surface area contributed by atoms with Crippen LogP contribution in [-0.4, -0.2) is 19.8 Å². The molecule has 0 aliphatic rings. The van der Waals surface area contributed by atoms with E-state index in [1.807, 2.05) is 35.9 Å². The molecule has 5 heteroatoms. The molecule has 2 N–H and O–H groups in total. The maximum absolute atomic E-state index is 5.60. The van der Waals surface area contributed by atoms with Crippen LogP contribution in [0.3, 0.4) is 0 Å². The minimum atomic E-state index is 0.350. The second-order valence-electron chi connectivity index (χ2n) is 3.22. The summed E-state index contributed by atoms with van der Waals surface area (Å²) in [6.45, 7) is 1.96. The molecule has 0 saturated heterocycles. The summed E-state index contributed by atoms with van der Waals surface area (Å²) in [6, 6.07) is 5.65. The van der Waals surface area contributed by atoms with Crippen molar-refractivity contribution in [1.82, 2.24) is 14.8 Å². The van der Waals surface area contributed by atoms with Gasteiger partial charge < -0.3 is 5.73 Å². The number of aromatic nitrogens is 3. The lowest BCUT2D eigenvalue weighted by Gasteiger charge is -2.06. The summed E-state index contributed by atoms with van der Waals surface area (Å²) < 4.78 is 1.82. The van der Waals surface area contributed by atoms with Crippen LogP contribution in [0.15, 0.2) is 30.6 Å². The van der Waals surface area contributed by atoms with Crippen LogP contribution in [0.5, 0.6) is 0 Å². The van der Waals surface area contributed by atoms with Gasteiger partial charge in [0.05, 0.1) is 11.9 Å². The molecule has 0 radical (unpaired) electrons. The molecule has 0 atom stereocenters. The van der Waals surface area contributed by atoms with Crippen molar-refractivity contribution in [2.45, 2.75) is 6.92 Å². The van der Waals surface area contributed by atoms with Gasteiger partial charge in [-0.3, -0.25) is 4.57 Å². The average molecular weight is 218 g/mol. The molecule has 0 bridgehead atoms. The summed E-state index contributed by atoms with van der Waals surface area (Å²) in [6.07, 6.45) is 3.56. The van der Waals surface area contributed by atoms with Gasteiger partial charge in [-0.2, -0.15) is 5.10 Å². The van der Waals surface area contributed by atoms with Crippen molar-refractivity contribution in [2.75, 3.05) is 0 Å². The molecule has 2 aromatic rings. The van der Waals surface area contributed by atoms with Crippen LogP contribution < -0.4 is 5.73 Å². The van der Waals surface area contributed by atoms with E-state index in [1.165, 1.54) is 0 Å². The van der Waals surface area contributed by atoms with Crippen molar-refractivity contribution >= 4 is 17.2 Å². The molecule has 4 nitrogen and oxygen atoms in total. The van der Waals surface area contributed by atoms with Crippen molar-refractivity contribution in [1.29, 1.82) is 0 Å². The third kappa shape index (κ3) is 1.87. The largest absolute Gasteiger partial charge is 0.388 e. The lowest BCUT2D eigenvalue weighted by atomic mass is 10.3. The molecule has 0 unspecified atom stereocenters. The lowest BCUT2D eigenvalue weighted by Crippen LogP contribution is -2.15. The zero-order valence-electron chi connectivity index (χ0n) is 8.21. The van der Waals surface area contributed by atoms with E-state index < -0.39 is 0 Å². The Labute approximate surface area is 92.7 Å². The first kappa shape index (κ1) is 9.79. The summed E-state index contributed by atoms with van der Waals surface area (Å²) in [5.74, 6) is 0.725. The van der Waals surface area contributed by atoms with E-state index >= 15 is 0 Å². The van der Waals surface area contributed by atoms with Crippen LogP contribution in [0.4, 0.5) is 0 Å². The van der Waals surface area contributed by atoms with Gasteiger partial charge >= 0.3 is 0 Å². The Morgan fingerprint density at radius 3 is 3.00 bits per heavy atom. The fourth-order valence-corrected chi connectivity index (χ4v) is 1.51. The zero-order valence-corrected chi connectivity index (χ0v) is 9.03. The second-order valence-corrected chi connectivity index (χ2v) is 3.66. The Hall–Kier alpha value is -1.75. The first-order valence-corrected chi connectivity index (χ1v) is 4.86. The van der Waals surface area contributed by atoms with E-state index in [-0.39, 0.29) is 0 Å². The van der Waals surface area contributed by atoms with Crippen LogP contribution in [-0.2, 0) is 0 Å². The normalized spacial score (nSPS) is 10.2. The Kier molecular flexibility index (Phi) is 2.47. The highest BCUT2D eigenvalue weighted by Crippen LogP contribution is 2.10. The maximum atomic E-state index is 5.60. The maximum Gasteiger partial charge on any atom is 0.160 e. The lowest BCUT2D eigenvalue weighted by molar-refractivity contribution is 0.905. The molecule has 2 rings (SSSR count). The number of rotatable bonds is 2. The first-order chi connectivity index (χ1) is 7.18. The van der Waals surface area contributed by atoms with E-state index in [1.54, 1.807) is 6.20 Å². The molecule has 76 valence electrons. The molecule has 0 aliphatic heterocycles. The number of hydrogen-bond donors (Lipinski definition) is 1. The summed E-state index contributed by atoms with van der Waals surface area (Å²) in [4.78, 5) is 0.350. The Morgan fingerprint density at radius 1 is 1.53 bits per heavy atom. The van der Waals surface area contributed by atoms with Gasteiger partial charge in [0.15, 0.2) is 5.82 Å². The molecule has 2 aromatic heterocycles. The fourth-order valence-electron chi connectivity index (χ4n) is 1.35.